The zero-order chi connectivity index (χ0) is 21.3. The summed E-state index contributed by atoms with van der Waals surface area (Å²) in [6, 6.07) is 14.6. The molecule has 1 fully saturated rings. The third kappa shape index (κ3) is 5.66. The van der Waals surface area contributed by atoms with Gasteiger partial charge in [-0.1, -0.05) is 36.8 Å². The van der Waals surface area contributed by atoms with Gasteiger partial charge in [0.05, 0.1) is 21.3 Å². The van der Waals surface area contributed by atoms with E-state index >= 15 is 0 Å². The highest BCUT2D eigenvalue weighted by molar-refractivity contribution is 5.91. The summed E-state index contributed by atoms with van der Waals surface area (Å²) in [7, 11) is 4.68. The lowest BCUT2D eigenvalue weighted by Crippen LogP contribution is -2.42. The van der Waals surface area contributed by atoms with Gasteiger partial charge in [0.15, 0.2) is 11.5 Å². The first-order chi connectivity index (χ1) is 14.6. The summed E-state index contributed by atoms with van der Waals surface area (Å²) in [5, 5.41) is 2.97. The number of carbonyl (C=O) groups excluding carboxylic acids is 1. The Balaban J connectivity index is 1.59. The van der Waals surface area contributed by atoms with Gasteiger partial charge >= 0.3 is 0 Å². The number of carbonyl (C=O) groups is 1. The molecule has 0 spiro atoms. The van der Waals surface area contributed by atoms with Crippen molar-refractivity contribution in [3.8, 4) is 17.2 Å². The fourth-order valence-corrected chi connectivity index (χ4v) is 4.09. The molecule has 3 rings (SSSR count). The van der Waals surface area contributed by atoms with Crippen molar-refractivity contribution >= 4 is 11.6 Å². The second-order valence-corrected chi connectivity index (χ2v) is 7.59. The Kier molecular flexibility index (Phi) is 7.97. The molecule has 6 heteroatoms. The number of rotatable bonds is 9. The van der Waals surface area contributed by atoms with E-state index < -0.39 is 0 Å². The number of likely N-dealkylation sites (tertiary alicyclic amines) is 1. The largest absolute Gasteiger partial charge is 0.493 e. The third-order valence-corrected chi connectivity index (χ3v) is 5.64. The van der Waals surface area contributed by atoms with Crippen LogP contribution < -0.4 is 19.5 Å². The van der Waals surface area contributed by atoms with Crippen LogP contribution in [0.2, 0.25) is 0 Å². The highest BCUT2D eigenvalue weighted by atomic mass is 16.5. The molecule has 1 aliphatic rings. The molecule has 30 heavy (non-hydrogen) atoms. The summed E-state index contributed by atoms with van der Waals surface area (Å²) in [6.07, 6.45) is 5.12. The van der Waals surface area contributed by atoms with Crippen molar-refractivity contribution in [2.75, 3.05) is 39.7 Å². The van der Waals surface area contributed by atoms with Gasteiger partial charge in [-0.2, -0.15) is 0 Å². The number of piperidine rings is 1. The Labute approximate surface area is 179 Å². The average Bonchev–Trinajstić information content (AvgIpc) is 2.78. The minimum absolute atomic E-state index is 0.0201. The van der Waals surface area contributed by atoms with E-state index in [-0.39, 0.29) is 5.91 Å². The monoisotopic (exact) mass is 412 g/mol. The second-order valence-electron chi connectivity index (χ2n) is 7.59. The Morgan fingerprint density at radius 2 is 1.73 bits per heavy atom. The van der Waals surface area contributed by atoms with Crippen LogP contribution in [0, 0.1) is 0 Å². The van der Waals surface area contributed by atoms with E-state index in [1.165, 1.54) is 24.8 Å². The van der Waals surface area contributed by atoms with Crippen molar-refractivity contribution < 1.29 is 19.0 Å². The topological polar surface area (TPSA) is 60.0 Å². The highest BCUT2D eigenvalue weighted by Gasteiger charge is 2.23. The number of nitrogens with one attached hydrogen (secondary N) is 1. The Morgan fingerprint density at radius 3 is 2.37 bits per heavy atom. The normalized spacial score (nSPS) is 16.7. The summed E-state index contributed by atoms with van der Waals surface area (Å²) < 4.78 is 16.1. The summed E-state index contributed by atoms with van der Waals surface area (Å²) in [5.41, 5.74) is 1.99. The summed E-state index contributed by atoms with van der Waals surface area (Å²) >= 11 is 0. The zero-order valence-corrected chi connectivity index (χ0v) is 18.1. The standard InChI is InChI=1S/C24H32N2O4/c1-28-21-16-19(17-22(29-2)24(21)30-3)25-23(27)12-14-26-13-8-7-11-20(26)15-18-9-5-4-6-10-18/h4-6,9-10,16-17,20H,7-8,11-15H2,1-3H3,(H,25,27). The summed E-state index contributed by atoms with van der Waals surface area (Å²) in [4.78, 5) is 15.1. The summed E-state index contributed by atoms with van der Waals surface area (Å²) in [6.45, 7) is 1.81. The minimum Gasteiger partial charge on any atom is -0.493 e. The number of anilines is 1. The minimum atomic E-state index is -0.0201. The smallest absolute Gasteiger partial charge is 0.225 e. The molecule has 1 aliphatic heterocycles. The molecule has 1 unspecified atom stereocenters. The molecule has 1 amide bonds. The van der Waals surface area contributed by atoms with Crippen molar-refractivity contribution in [3.05, 3.63) is 48.0 Å². The van der Waals surface area contributed by atoms with Crippen LogP contribution in [0.15, 0.2) is 42.5 Å². The van der Waals surface area contributed by atoms with E-state index in [0.717, 1.165) is 19.5 Å². The molecule has 0 aromatic heterocycles. The van der Waals surface area contributed by atoms with Crippen molar-refractivity contribution in [3.63, 3.8) is 0 Å². The number of nitrogens with zero attached hydrogens (tertiary/aromatic N) is 1. The van der Waals surface area contributed by atoms with Crippen LogP contribution in [-0.4, -0.2) is 51.3 Å². The van der Waals surface area contributed by atoms with E-state index in [2.05, 4.69) is 40.5 Å². The fraction of sp³-hybridized carbons (Fsp3) is 0.458. The molecular formula is C24H32N2O4. The number of hydrogen-bond donors (Lipinski definition) is 1. The molecule has 1 heterocycles. The molecule has 0 aliphatic carbocycles. The first-order valence-corrected chi connectivity index (χ1v) is 10.5. The highest BCUT2D eigenvalue weighted by Crippen LogP contribution is 2.39. The van der Waals surface area contributed by atoms with E-state index in [1.54, 1.807) is 33.5 Å². The maximum atomic E-state index is 12.6. The second kappa shape index (κ2) is 10.9. The SMILES string of the molecule is COc1cc(NC(=O)CCN2CCCCC2Cc2ccccc2)cc(OC)c1OC. The van der Waals surface area contributed by atoms with Gasteiger partial charge < -0.3 is 19.5 Å². The van der Waals surface area contributed by atoms with Crippen LogP contribution in [-0.2, 0) is 11.2 Å². The van der Waals surface area contributed by atoms with Gasteiger partial charge in [-0.15, -0.1) is 0 Å². The first kappa shape index (κ1) is 22.0. The van der Waals surface area contributed by atoms with E-state index in [1.807, 2.05) is 0 Å². The van der Waals surface area contributed by atoms with Crippen molar-refractivity contribution in [2.24, 2.45) is 0 Å². The average molecular weight is 413 g/mol. The number of amides is 1. The van der Waals surface area contributed by atoms with Crippen molar-refractivity contribution in [1.82, 2.24) is 4.90 Å². The van der Waals surface area contributed by atoms with Crippen molar-refractivity contribution in [1.29, 1.82) is 0 Å². The van der Waals surface area contributed by atoms with Gasteiger partial charge in [-0.3, -0.25) is 9.69 Å². The van der Waals surface area contributed by atoms with Gasteiger partial charge in [-0.05, 0) is 31.4 Å². The molecule has 0 radical (unpaired) electrons. The maximum absolute atomic E-state index is 12.6. The molecular weight excluding hydrogens is 380 g/mol. The third-order valence-electron chi connectivity index (χ3n) is 5.64. The van der Waals surface area contributed by atoms with Crippen LogP contribution in [0.5, 0.6) is 17.2 Å². The molecule has 0 saturated carbocycles. The summed E-state index contributed by atoms with van der Waals surface area (Å²) in [5.74, 6) is 1.53. The van der Waals surface area contributed by atoms with E-state index in [0.29, 0.717) is 35.4 Å². The zero-order valence-electron chi connectivity index (χ0n) is 18.1. The van der Waals surface area contributed by atoms with Crippen LogP contribution in [0.4, 0.5) is 5.69 Å². The van der Waals surface area contributed by atoms with Crippen molar-refractivity contribution in [2.45, 2.75) is 38.1 Å². The van der Waals surface area contributed by atoms with Crippen LogP contribution >= 0.6 is 0 Å². The lowest BCUT2D eigenvalue weighted by molar-refractivity contribution is -0.116. The molecule has 1 N–H and O–H groups in total. The lowest BCUT2D eigenvalue weighted by atomic mass is 9.95. The Hall–Kier alpha value is -2.73. The van der Waals surface area contributed by atoms with Gasteiger partial charge in [0.2, 0.25) is 11.7 Å². The number of ether oxygens (including phenoxy) is 3. The van der Waals surface area contributed by atoms with E-state index in [4.69, 9.17) is 14.2 Å². The van der Waals surface area contributed by atoms with Gasteiger partial charge in [0, 0.05) is 36.8 Å². The molecule has 2 aromatic carbocycles. The number of benzene rings is 2. The maximum Gasteiger partial charge on any atom is 0.225 e. The predicted octanol–water partition coefficient (Wildman–Crippen LogP) is 4.14. The molecule has 1 atom stereocenters. The van der Waals surface area contributed by atoms with E-state index in [9.17, 15) is 4.79 Å². The molecule has 0 bridgehead atoms. The molecule has 162 valence electrons. The van der Waals surface area contributed by atoms with Gasteiger partial charge in [0.1, 0.15) is 0 Å². The molecule has 1 saturated heterocycles. The van der Waals surface area contributed by atoms with Crippen LogP contribution in [0.25, 0.3) is 0 Å². The van der Waals surface area contributed by atoms with Crippen LogP contribution in [0.1, 0.15) is 31.2 Å². The lowest BCUT2D eigenvalue weighted by Gasteiger charge is -2.35. The van der Waals surface area contributed by atoms with Crippen LogP contribution in [0.3, 0.4) is 0 Å². The number of methoxy groups -OCH3 is 3. The predicted molar refractivity (Wildman–Crippen MR) is 119 cm³/mol. The first-order valence-electron chi connectivity index (χ1n) is 10.5. The van der Waals surface area contributed by atoms with Gasteiger partial charge in [0.25, 0.3) is 0 Å². The molecule has 2 aromatic rings. The molecule has 6 nitrogen and oxygen atoms in total. The van der Waals surface area contributed by atoms with Gasteiger partial charge in [-0.25, -0.2) is 0 Å². The Morgan fingerprint density at radius 1 is 1.03 bits per heavy atom. The number of hydrogen-bond acceptors (Lipinski definition) is 5. The quantitative estimate of drug-likeness (QED) is 0.671. The fourth-order valence-electron chi connectivity index (χ4n) is 4.09. The Bertz CT molecular complexity index is 800.